The fourth-order valence-corrected chi connectivity index (χ4v) is 2.77. The van der Waals surface area contributed by atoms with Crippen LogP contribution in [0.5, 0.6) is 0 Å². The molecule has 0 amide bonds. The highest BCUT2D eigenvalue weighted by molar-refractivity contribution is 7.92. The summed E-state index contributed by atoms with van der Waals surface area (Å²) in [6.07, 6.45) is 1.21. The van der Waals surface area contributed by atoms with E-state index >= 15 is 0 Å². The Morgan fingerprint density at radius 3 is 2.74 bits per heavy atom. The first-order valence-electron chi connectivity index (χ1n) is 5.29. The van der Waals surface area contributed by atoms with Crippen LogP contribution < -0.4 is 4.72 Å². The number of nitrogens with zero attached hydrogens (tertiary/aromatic N) is 1. The van der Waals surface area contributed by atoms with Gasteiger partial charge in [0.05, 0.1) is 5.69 Å². The summed E-state index contributed by atoms with van der Waals surface area (Å²) in [6, 6.07) is 7.10. The van der Waals surface area contributed by atoms with Gasteiger partial charge in [0.1, 0.15) is 0 Å². The van der Waals surface area contributed by atoms with Crippen molar-refractivity contribution in [2.75, 3.05) is 4.72 Å². The minimum absolute atomic E-state index is 0.289. The molecular formula is C12H10ClFN2O2S. The molecule has 0 unspecified atom stereocenters. The van der Waals surface area contributed by atoms with Gasteiger partial charge in [-0.15, -0.1) is 0 Å². The molecule has 19 heavy (non-hydrogen) atoms. The van der Waals surface area contributed by atoms with Gasteiger partial charge in [0.25, 0.3) is 10.0 Å². The molecule has 4 nitrogen and oxygen atoms in total. The van der Waals surface area contributed by atoms with E-state index in [1.165, 1.54) is 18.3 Å². The molecule has 7 heteroatoms. The van der Waals surface area contributed by atoms with Crippen LogP contribution in [0.25, 0.3) is 0 Å². The number of nitrogens with one attached hydrogen (secondary N) is 1. The normalized spacial score (nSPS) is 11.3. The summed E-state index contributed by atoms with van der Waals surface area (Å²) in [5, 5.41) is -0.265. The zero-order valence-corrected chi connectivity index (χ0v) is 11.5. The van der Waals surface area contributed by atoms with Crippen LogP contribution in [0.1, 0.15) is 5.56 Å². The monoisotopic (exact) mass is 300 g/mol. The zero-order valence-electron chi connectivity index (χ0n) is 9.89. The highest BCUT2D eigenvalue weighted by atomic mass is 35.5. The molecule has 0 fully saturated rings. The lowest BCUT2D eigenvalue weighted by molar-refractivity contribution is 0.557. The lowest BCUT2D eigenvalue weighted by Crippen LogP contribution is -2.16. The van der Waals surface area contributed by atoms with Crippen molar-refractivity contribution < 1.29 is 12.8 Å². The van der Waals surface area contributed by atoms with Gasteiger partial charge in [0.2, 0.25) is 5.03 Å². The Balaban J connectivity index is 2.43. The molecule has 0 bridgehead atoms. The Bertz CT molecular complexity index is 719. The number of aromatic nitrogens is 1. The maximum Gasteiger partial charge on any atom is 0.282 e. The summed E-state index contributed by atoms with van der Waals surface area (Å²) in [5.74, 6) is -0.908. The molecule has 2 aromatic rings. The second-order valence-electron chi connectivity index (χ2n) is 3.86. The lowest BCUT2D eigenvalue weighted by atomic mass is 10.2. The van der Waals surface area contributed by atoms with Crippen molar-refractivity contribution in [2.45, 2.75) is 11.9 Å². The number of benzene rings is 1. The van der Waals surface area contributed by atoms with E-state index in [1.807, 2.05) is 0 Å². The molecule has 2 rings (SSSR count). The second kappa shape index (κ2) is 5.14. The fourth-order valence-electron chi connectivity index (χ4n) is 1.47. The van der Waals surface area contributed by atoms with Crippen molar-refractivity contribution in [3.05, 3.63) is 52.9 Å². The van der Waals surface area contributed by atoms with Crippen LogP contribution in [0, 0.1) is 12.7 Å². The van der Waals surface area contributed by atoms with E-state index < -0.39 is 20.9 Å². The first kappa shape index (κ1) is 13.8. The maximum absolute atomic E-state index is 13.5. The number of hydrogen-bond donors (Lipinski definition) is 1. The Labute approximate surface area is 115 Å². The Morgan fingerprint density at radius 2 is 2.05 bits per heavy atom. The van der Waals surface area contributed by atoms with Gasteiger partial charge in [-0.2, -0.15) is 8.42 Å². The van der Waals surface area contributed by atoms with Crippen LogP contribution in [0.3, 0.4) is 0 Å². The van der Waals surface area contributed by atoms with E-state index in [2.05, 4.69) is 9.71 Å². The van der Waals surface area contributed by atoms with Gasteiger partial charge >= 0.3 is 0 Å². The molecule has 0 atom stereocenters. The number of rotatable bonds is 3. The Kier molecular flexibility index (Phi) is 3.73. The molecule has 1 heterocycles. The van der Waals surface area contributed by atoms with Gasteiger partial charge < -0.3 is 0 Å². The molecule has 0 aliphatic rings. The van der Waals surface area contributed by atoms with Gasteiger partial charge in [0, 0.05) is 11.2 Å². The molecule has 0 saturated heterocycles. The van der Waals surface area contributed by atoms with Crippen molar-refractivity contribution >= 4 is 27.3 Å². The molecule has 1 aromatic heterocycles. The number of aryl methyl sites for hydroxylation is 1. The Hall–Kier alpha value is -1.66. The van der Waals surface area contributed by atoms with Crippen LogP contribution in [0.15, 0.2) is 41.6 Å². The summed E-state index contributed by atoms with van der Waals surface area (Å²) < 4.78 is 39.8. The average Bonchev–Trinajstić information content (AvgIpc) is 2.34. The Morgan fingerprint density at radius 1 is 1.32 bits per heavy atom. The van der Waals surface area contributed by atoms with E-state index in [4.69, 9.17) is 11.6 Å². The summed E-state index contributed by atoms with van der Waals surface area (Å²) >= 11 is 5.80. The van der Waals surface area contributed by atoms with E-state index in [1.54, 1.807) is 19.1 Å². The summed E-state index contributed by atoms with van der Waals surface area (Å²) in [6.45, 7) is 1.71. The first-order valence-corrected chi connectivity index (χ1v) is 7.16. The fraction of sp³-hybridized carbons (Fsp3) is 0.0833. The molecule has 0 radical (unpaired) electrons. The third-order valence-electron chi connectivity index (χ3n) is 2.42. The molecule has 1 N–H and O–H groups in total. The summed E-state index contributed by atoms with van der Waals surface area (Å²) in [5.41, 5.74) is 0.960. The molecule has 0 spiro atoms. The van der Waals surface area contributed by atoms with Gasteiger partial charge in [-0.25, -0.2) is 9.37 Å². The van der Waals surface area contributed by atoms with Gasteiger partial charge in [-0.05, 0) is 36.8 Å². The number of anilines is 1. The number of halogens is 2. The minimum Gasteiger partial charge on any atom is -0.278 e. The van der Waals surface area contributed by atoms with Crippen LogP contribution in [-0.2, 0) is 10.0 Å². The van der Waals surface area contributed by atoms with E-state index in [9.17, 15) is 12.8 Å². The minimum atomic E-state index is -4.08. The van der Waals surface area contributed by atoms with Crippen molar-refractivity contribution in [3.8, 4) is 0 Å². The molecule has 0 aliphatic heterocycles. The third-order valence-corrected chi connectivity index (χ3v) is 3.96. The number of pyridine rings is 1. The molecule has 100 valence electrons. The van der Waals surface area contributed by atoms with Gasteiger partial charge in [0.15, 0.2) is 5.82 Å². The molecule has 0 aliphatic carbocycles. The summed E-state index contributed by atoms with van der Waals surface area (Å²) in [7, 11) is -4.08. The van der Waals surface area contributed by atoms with Crippen LogP contribution in [-0.4, -0.2) is 13.4 Å². The quantitative estimate of drug-likeness (QED) is 0.948. The van der Waals surface area contributed by atoms with Crippen molar-refractivity contribution in [1.82, 2.24) is 4.98 Å². The second-order valence-corrected chi connectivity index (χ2v) is 5.89. The largest absolute Gasteiger partial charge is 0.282 e. The molecule has 1 aromatic carbocycles. The number of hydrogen-bond acceptors (Lipinski definition) is 3. The van der Waals surface area contributed by atoms with Gasteiger partial charge in [-0.3, -0.25) is 4.72 Å². The third kappa shape index (κ3) is 3.02. The first-order chi connectivity index (χ1) is 8.90. The van der Waals surface area contributed by atoms with Crippen molar-refractivity contribution in [1.29, 1.82) is 0 Å². The molecule has 0 saturated carbocycles. The topological polar surface area (TPSA) is 59.1 Å². The average molecular weight is 301 g/mol. The standard InChI is InChI=1S/C12H10ClFN2O2S/c1-8-4-5-9(13)7-11(8)16-19(17,18)12-10(14)3-2-6-15-12/h2-7,16H,1H3. The van der Waals surface area contributed by atoms with Crippen LogP contribution >= 0.6 is 11.6 Å². The highest BCUT2D eigenvalue weighted by Gasteiger charge is 2.21. The smallest absolute Gasteiger partial charge is 0.278 e. The van der Waals surface area contributed by atoms with Crippen molar-refractivity contribution in [2.24, 2.45) is 0 Å². The highest BCUT2D eigenvalue weighted by Crippen LogP contribution is 2.23. The van der Waals surface area contributed by atoms with Crippen LogP contribution in [0.2, 0.25) is 5.02 Å². The van der Waals surface area contributed by atoms with Crippen LogP contribution in [0.4, 0.5) is 10.1 Å². The zero-order chi connectivity index (χ0) is 14.0. The molecular weight excluding hydrogens is 291 g/mol. The maximum atomic E-state index is 13.5. The lowest BCUT2D eigenvalue weighted by Gasteiger charge is -2.10. The predicted molar refractivity (Wildman–Crippen MR) is 71.2 cm³/mol. The van der Waals surface area contributed by atoms with E-state index in [0.29, 0.717) is 10.6 Å². The van der Waals surface area contributed by atoms with E-state index in [-0.39, 0.29) is 5.69 Å². The van der Waals surface area contributed by atoms with E-state index in [0.717, 1.165) is 6.07 Å². The number of sulfonamides is 1. The van der Waals surface area contributed by atoms with Crippen molar-refractivity contribution in [3.63, 3.8) is 0 Å². The SMILES string of the molecule is Cc1ccc(Cl)cc1NS(=O)(=O)c1ncccc1F. The predicted octanol–water partition coefficient (Wildman–Crippen LogP) is 2.98. The van der Waals surface area contributed by atoms with Gasteiger partial charge in [-0.1, -0.05) is 17.7 Å². The summed E-state index contributed by atoms with van der Waals surface area (Å²) in [4.78, 5) is 3.54.